The molecule has 0 aliphatic heterocycles. The molecule has 0 saturated carbocycles. The highest BCUT2D eigenvalue weighted by molar-refractivity contribution is 5.83. The highest BCUT2D eigenvalue weighted by Crippen LogP contribution is 2.29. The number of pyridine rings is 1. The van der Waals surface area contributed by atoms with Crippen LogP contribution in [0.25, 0.3) is 0 Å². The fourth-order valence-corrected chi connectivity index (χ4v) is 1.04. The van der Waals surface area contributed by atoms with E-state index in [2.05, 4.69) is 11.3 Å². The first-order valence-electron chi connectivity index (χ1n) is 4.65. The van der Waals surface area contributed by atoms with Crippen LogP contribution in [0.1, 0.15) is 12.5 Å². The lowest BCUT2D eigenvalue weighted by molar-refractivity contribution is -0.590. The molecule has 1 aromatic heterocycles. The highest BCUT2D eigenvalue weighted by atomic mass is 19.4. The standard InChI is InChI=1S/C10H9F3N2O3/c1-6(2)18-9(16)14-8-5-7(10(11,12)13)3-4-15(8)17/h3-5H,1H2,2H3,(H,14,16). The molecule has 1 N–H and O–H groups in total. The molecular weight excluding hydrogens is 253 g/mol. The molecule has 18 heavy (non-hydrogen) atoms. The SMILES string of the molecule is C=C(C)OC(=O)Nc1cc(C(F)(F)F)cc[n+]1[O-]. The molecule has 0 aliphatic rings. The van der Waals surface area contributed by atoms with E-state index in [4.69, 9.17) is 0 Å². The third-order valence-electron chi connectivity index (χ3n) is 1.74. The van der Waals surface area contributed by atoms with Crippen LogP contribution in [-0.2, 0) is 10.9 Å². The third-order valence-corrected chi connectivity index (χ3v) is 1.74. The number of alkyl halides is 3. The van der Waals surface area contributed by atoms with Crippen molar-refractivity contribution < 1.29 is 27.4 Å². The highest BCUT2D eigenvalue weighted by Gasteiger charge is 2.32. The van der Waals surface area contributed by atoms with Crippen LogP contribution in [0.5, 0.6) is 0 Å². The molecule has 0 aromatic carbocycles. The molecule has 1 rings (SSSR count). The Labute approximate surface area is 100 Å². The number of rotatable bonds is 2. The van der Waals surface area contributed by atoms with E-state index < -0.39 is 23.7 Å². The van der Waals surface area contributed by atoms with Gasteiger partial charge in [-0.15, -0.1) is 0 Å². The summed E-state index contributed by atoms with van der Waals surface area (Å²) in [5.74, 6) is -0.548. The van der Waals surface area contributed by atoms with Crippen molar-refractivity contribution in [2.75, 3.05) is 5.32 Å². The van der Waals surface area contributed by atoms with Crippen LogP contribution < -0.4 is 10.0 Å². The summed E-state index contributed by atoms with van der Waals surface area (Å²) in [4.78, 5) is 11.1. The molecule has 98 valence electrons. The van der Waals surface area contributed by atoms with Crippen LogP contribution in [0.4, 0.5) is 23.8 Å². The minimum atomic E-state index is -4.61. The second-order valence-electron chi connectivity index (χ2n) is 3.34. The molecule has 0 aliphatic carbocycles. The molecule has 1 heterocycles. The number of nitrogens with one attached hydrogen (secondary N) is 1. The normalized spacial score (nSPS) is 10.9. The van der Waals surface area contributed by atoms with Crippen molar-refractivity contribution in [3.63, 3.8) is 0 Å². The van der Waals surface area contributed by atoms with Gasteiger partial charge >= 0.3 is 12.3 Å². The van der Waals surface area contributed by atoms with Crippen molar-refractivity contribution in [3.05, 3.63) is 41.4 Å². The van der Waals surface area contributed by atoms with E-state index in [-0.39, 0.29) is 10.5 Å². The van der Waals surface area contributed by atoms with Crippen LogP contribution in [0.2, 0.25) is 0 Å². The number of halogens is 3. The fraction of sp³-hybridized carbons (Fsp3) is 0.200. The summed E-state index contributed by atoms with van der Waals surface area (Å²) in [5.41, 5.74) is -1.06. The summed E-state index contributed by atoms with van der Waals surface area (Å²) in [6.45, 7) is 4.64. The van der Waals surface area contributed by atoms with Crippen LogP contribution in [-0.4, -0.2) is 6.09 Å². The molecule has 1 amide bonds. The van der Waals surface area contributed by atoms with Crippen LogP contribution >= 0.6 is 0 Å². The summed E-state index contributed by atoms with van der Waals surface area (Å²) >= 11 is 0. The minimum absolute atomic E-state index is 0.0388. The maximum atomic E-state index is 12.4. The van der Waals surface area contributed by atoms with Crippen molar-refractivity contribution in [1.29, 1.82) is 0 Å². The largest absolute Gasteiger partial charge is 0.711 e. The van der Waals surface area contributed by atoms with Crippen molar-refractivity contribution >= 4 is 11.9 Å². The zero-order chi connectivity index (χ0) is 13.9. The van der Waals surface area contributed by atoms with E-state index in [1.165, 1.54) is 6.92 Å². The summed E-state index contributed by atoms with van der Waals surface area (Å²) in [5, 5.41) is 13.1. The molecule has 0 saturated heterocycles. The average Bonchev–Trinajstić information content (AvgIpc) is 2.18. The second kappa shape index (κ2) is 4.94. The number of nitrogens with zero attached hydrogens (tertiary/aromatic N) is 1. The van der Waals surface area contributed by atoms with Gasteiger partial charge in [0.2, 0.25) is 0 Å². The van der Waals surface area contributed by atoms with Crippen molar-refractivity contribution in [1.82, 2.24) is 0 Å². The van der Waals surface area contributed by atoms with Crippen LogP contribution in [0, 0.1) is 5.21 Å². The topological polar surface area (TPSA) is 65.3 Å². The number of carbonyl (C=O) groups excluding carboxylic acids is 1. The summed E-state index contributed by atoms with van der Waals surface area (Å²) in [6.07, 6.45) is -5.06. The van der Waals surface area contributed by atoms with Crippen LogP contribution in [0.3, 0.4) is 0 Å². The molecule has 0 unspecified atom stereocenters. The predicted molar refractivity (Wildman–Crippen MR) is 55.3 cm³/mol. The fourth-order valence-electron chi connectivity index (χ4n) is 1.04. The number of aromatic nitrogens is 1. The first-order chi connectivity index (χ1) is 8.20. The summed E-state index contributed by atoms with van der Waals surface area (Å²) < 4.78 is 41.7. The molecule has 8 heteroatoms. The van der Waals surface area contributed by atoms with Gasteiger partial charge in [-0.3, -0.25) is 0 Å². The van der Waals surface area contributed by atoms with Gasteiger partial charge in [0.25, 0.3) is 5.82 Å². The summed E-state index contributed by atoms with van der Waals surface area (Å²) in [6, 6.07) is 1.11. The lowest BCUT2D eigenvalue weighted by atomic mass is 10.2. The number of allylic oxidation sites excluding steroid dienone is 1. The van der Waals surface area contributed by atoms with Gasteiger partial charge in [0.15, 0.2) is 0 Å². The molecule has 1 aromatic rings. The minimum Gasteiger partial charge on any atom is -0.711 e. The quantitative estimate of drug-likeness (QED) is 0.505. The first-order valence-corrected chi connectivity index (χ1v) is 4.65. The van der Waals surface area contributed by atoms with Gasteiger partial charge in [-0.25, -0.2) is 4.73 Å². The molecule has 0 bridgehead atoms. The van der Waals surface area contributed by atoms with E-state index in [1.54, 1.807) is 0 Å². The van der Waals surface area contributed by atoms with E-state index >= 15 is 0 Å². The number of ether oxygens (including phenoxy) is 1. The maximum Gasteiger partial charge on any atom is 0.510 e. The van der Waals surface area contributed by atoms with E-state index in [0.29, 0.717) is 18.3 Å². The lowest BCUT2D eigenvalue weighted by Gasteiger charge is -2.11. The summed E-state index contributed by atoms with van der Waals surface area (Å²) in [7, 11) is 0. The van der Waals surface area contributed by atoms with Crippen LogP contribution in [0.15, 0.2) is 30.7 Å². The smallest absolute Gasteiger partial charge is 0.510 e. The van der Waals surface area contributed by atoms with Gasteiger partial charge in [0.05, 0.1) is 11.8 Å². The van der Waals surface area contributed by atoms with Crippen molar-refractivity contribution in [2.24, 2.45) is 0 Å². The third kappa shape index (κ3) is 3.65. The zero-order valence-electron chi connectivity index (χ0n) is 9.25. The predicted octanol–water partition coefficient (Wildman–Crippen LogP) is 2.42. The Kier molecular flexibility index (Phi) is 3.79. The van der Waals surface area contributed by atoms with Gasteiger partial charge in [0, 0.05) is 6.07 Å². The van der Waals surface area contributed by atoms with Crippen molar-refractivity contribution in [2.45, 2.75) is 13.1 Å². The van der Waals surface area contributed by atoms with Gasteiger partial charge < -0.3 is 9.94 Å². The molecule has 0 spiro atoms. The molecule has 5 nitrogen and oxygen atoms in total. The lowest BCUT2D eigenvalue weighted by Crippen LogP contribution is -2.33. The van der Waals surface area contributed by atoms with Crippen molar-refractivity contribution in [3.8, 4) is 0 Å². The van der Waals surface area contributed by atoms with Gasteiger partial charge in [0.1, 0.15) is 5.76 Å². The number of hydrogen-bond acceptors (Lipinski definition) is 3. The second-order valence-corrected chi connectivity index (χ2v) is 3.34. The Hall–Kier alpha value is -2.25. The zero-order valence-corrected chi connectivity index (χ0v) is 9.25. The van der Waals surface area contributed by atoms with Gasteiger partial charge in [-0.05, 0) is 13.0 Å². The molecular formula is C10H9F3N2O3. The maximum absolute atomic E-state index is 12.4. The molecule has 0 radical (unpaired) electrons. The van der Waals surface area contributed by atoms with E-state index in [0.717, 1.165) is 0 Å². The number of carbonyl (C=O) groups is 1. The Bertz CT molecular complexity index is 486. The Morgan fingerprint density at radius 2 is 2.17 bits per heavy atom. The van der Waals surface area contributed by atoms with E-state index in [1.807, 2.05) is 5.32 Å². The van der Waals surface area contributed by atoms with Gasteiger partial charge in [-0.1, -0.05) is 6.58 Å². The Balaban J connectivity index is 2.95. The number of anilines is 1. The number of hydrogen-bond donors (Lipinski definition) is 1. The van der Waals surface area contributed by atoms with Gasteiger partial charge in [-0.2, -0.15) is 23.3 Å². The Morgan fingerprint density at radius 3 is 2.67 bits per heavy atom. The number of amides is 1. The Morgan fingerprint density at radius 1 is 1.56 bits per heavy atom. The molecule has 0 fully saturated rings. The molecule has 0 atom stereocenters. The monoisotopic (exact) mass is 262 g/mol. The average molecular weight is 262 g/mol. The first kappa shape index (κ1) is 13.8. The van der Waals surface area contributed by atoms with E-state index in [9.17, 15) is 23.2 Å².